The Bertz CT molecular complexity index is 1920. The van der Waals surface area contributed by atoms with Gasteiger partial charge in [-0.1, -0.05) is 59.6 Å². The van der Waals surface area contributed by atoms with Gasteiger partial charge in [0.25, 0.3) is 10.0 Å². The van der Waals surface area contributed by atoms with Crippen LogP contribution in [0.4, 0.5) is 5.69 Å². The van der Waals surface area contributed by atoms with Crippen LogP contribution in [-0.4, -0.2) is 72.2 Å². The Kier molecular flexibility index (Phi) is 13.4. The zero-order valence-electron chi connectivity index (χ0n) is 29.2. The Hall–Kier alpha value is -4.65. The van der Waals surface area contributed by atoms with Crippen molar-refractivity contribution >= 4 is 50.7 Å². The van der Waals surface area contributed by atoms with E-state index < -0.39 is 34.4 Å². The quantitative estimate of drug-likeness (QED) is 0.140. The normalized spacial score (nSPS) is 11.8. The van der Waals surface area contributed by atoms with Gasteiger partial charge in [-0.25, -0.2) is 8.42 Å². The molecular formula is C37H41Cl2N3O8S. The summed E-state index contributed by atoms with van der Waals surface area (Å²) >= 11 is 13.2. The van der Waals surface area contributed by atoms with Gasteiger partial charge < -0.3 is 29.2 Å². The molecule has 1 N–H and O–H groups in total. The van der Waals surface area contributed by atoms with Crippen LogP contribution in [0, 0.1) is 0 Å². The number of anilines is 1. The van der Waals surface area contributed by atoms with Gasteiger partial charge in [0.1, 0.15) is 24.1 Å². The molecule has 0 bridgehead atoms. The van der Waals surface area contributed by atoms with Gasteiger partial charge in [-0.05, 0) is 55.8 Å². The molecule has 0 aromatic heterocycles. The Morgan fingerprint density at radius 1 is 0.765 bits per heavy atom. The number of sulfonamides is 1. The molecule has 0 heterocycles. The largest absolute Gasteiger partial charge is 0.497 e. The fraction of sp³-hybridized carbons (Fsp3) is 0.297. The summed E-state index contributed by atoms with van der Waals surface area (Å²) in [4.78, 5) is 30.0. The summed E-state index contributed by atoms with van der Waals surface area (Å²) in [7, 11) is 1.08. The van der Waals surface area contributed by atoms with Crippen molar-refractivity contribution in [3.63, 3.8) is 0 Å². The lowest BCUT2D eigenvalue weighted by Gasteiger charge is -2.34. The molecule has 0 spiro atoms. The number of benzene rings is 4. The maximum atomic E-state index is 14.9. The molecule has 0 aliphatic rings. The lowest BCUT2D eigenvalue weighted by Crippen LogP contribution is -2.54. The average Bonchev–Trinajstić information content (AvgIpc) is 3.12. The standard InChI is InChI=1S/C37H41Cl2N3O8S/c1-24(2)40-37(44)32(19-25-11-8-7-9-12-25)41(22-28-29(38)13-10-14-30(28)39)36(43)23-42(31-20-26(47-3)15-17-33(31)48-4)51(45,46)27-16-18-34(49-5)35(21-27)50-6/h7-18,20-21,24,32H,19,22-23H2,1-6H3,(H,40,44)/t32-/m0/s1. The van der Waals surface area contributed by atoms with Crippen LogP contribution in [0.3, 0.4) is 0 Å². The number of halogens is 2. The molecule has 14 heteroatoms. The number of rotatable bonds is 16. The summed E-state index contributed by atoms with van der Waals surface area (Å²) in [6.07, 6.45) is 0.109. The number of nitrogens with one attached hydrogen (secondary N) is 1. The molecule has 0 aliphatic heterocycles. The van der Waals surface area contributed by atoms with Crippen LogP contribution in [0.5, 0.6) is 23.0 Å². The first-order valence-electron chi connectivity index (χ1n) is 15.9. The Morgan fingerprint density at radius 3 is 1.98 bits per heavy atom. The molecular weight excluding hydrogens is 717 g/mol. The van der Waals surface area contributed by atoms with Gasteiger partial charge in [0.15, 0.2) is 11.5 Å². The highest BCUT2D eigenvalue weighted by Gasteiger charge is 2.37. The van der Waals surface area contributed by atoms with Crippen molar-refractivity contribution in [1.82, 2.24) is 10.2 Å². The SMILES string of the molecule is COc1ccc(OC)c(N(CC(=O)N(Cc2c(Cl)cccc2Cl)[C@@H](Cc2ccccc2)C(=O)NC(C)C)S(=O)(=O)c2ccc(OC)c(OC)c2)c1. The number of nitrogens with zero attached hydrogens (tertiary/aromatic N) is 2. The fourth-order valence-corrected chi connectivity index (χ4v) is 7.35. The minimum Gasteiger partial charge on any atom is -0.497 e. The molecule has 0 saturated carbocycles. The van der Waals surface area contributed by atoms with E-state index in [2.05, 4.69) is 5.32 Å². The van der Waals surface area contributed by atoms with E-state index in [0.29, 0.717) is 17.1 Å². The van der Waals surface area contributed by atoms with Crippen LogP contribution >= 0.6 is 23.2 Å². The van der Waals surface area contributed by atoms with Gasteiger partial charge in [-0.3, -0.25) is 13.9 Å². The molecule has 0 saturated heterocycles. The second-order valence-corrected chi connectivity index (χ2v) is 14.3. The number of hydrogen-bond donors (Lipinski definition) is 1. The second kappa shape index (κ2) is 17.5. The third-order valence-electron chi connectivity index (χ3n) is 7.97. The van der Waals surface area contributed by atoms with E-state index in [1.54, 1.807) is 38.1 Å². The van der Waals surface area contributed by atoms with E-state index in [1.807, 2.05) is 30.3 Å². The number of carbonyl (C=O) groups is 2. The second-order valence-electron chi connectivity index (χ2n) is 11.7. The first kappa shape index (κ1) is 39.1. The van der Waals surface area contributed by atoms with Crippen molar-refractivity contribution in [1.29, 1.82) is 0 Å². The number of carbonyl (C=O) groups excluding carboxylic acids is 2. The summed E-state index contributed by atoms with van der Waals surface area (Å²) in [5.74, 6) is -0.250. The van der Waals surface area contributed by atoms with Gasteiger partial charge in [-0.2, -0.15) is 0 Å². The number of amides is 2. The zero-order chi connectivity index (χ0) is 37.3. The smallest absolute Gasteiger partial charge is 0.265 e. The molecule has 0 aliphatic carbocycles. The van der Waals surface area contributed by atoms with E-state index >= 15 is 0 Å². The molecule has 4 rings (SSSR count). The molecule has 1 atom stereocenters. The van der Waals surface area contributed by atoms with Crippen LogP contribution in [0.25, 0.3) is 0 Å². The molecule has 0 unspecified atom stereocenters. The Balaban J connectivity index is 1.93. The minimum absolute atomic E-state index is 0.0157. The van der Waals surface area contributed by atoms with Gasteiger partial charge >= 0.3 is 0 Å². The van der Waals surface area contributed by atoms with Crippen LogP contribution in [0.15, 0.2) is 89.8 Å². The highest BCUT2D eigenvalue weighted by atomic mass is 35.5. The number of hydrogen-bond acceptors (Lipinski definition) is 8. The average molecular weight is 759 g/mol. The monoisotopic (exact) mass is 757 g/mol. The highest BCUT2D eigenvalue weighted by molar-refractivity contribution is 7.92. The van der Waals surface area contributed by atoms with Crippen molar-refractivity contribution in [3.8, 4) is 23.0 Å². The number of methoxy groups -OCH3 is 4. The van der Waals surface area contributed by atoms with Crippen molar-refractivity contribution in [3.05, 3.63) is 106 Å². The maximum Gasteiger partial charge on any atom is 0.265 e. The molecule has 2 amide bonds. The van der Waals surface area contributed by atoms with Crippen LogP contribution in [-0.2, 0) is 32.6 Å². The van der Waals surface area contributed by atoms with Crippen molar-refractivity contribution in [2.24, 2.45) is 0 Å². The van der Waals surface area contributed by atoms with E-state index in [9.17, 15) is 18.0 Å². The Morgan fingerprint density at radius 2 is 1.39 bits per heavy atom. The van der Waals surface area contributed by atoms with Crippen LogP contribution in [0.1, 0.15) is 25.0 Å². The maximum absolute atomic E-state index is 14.9. The zero-order valence-corrected chi connectivity index (χ0v) is 31.5. The van der Waals surface area contributed by atoms with Gasteiger partial charge in [0, 0.05) is 46.7 Å². The fourth-order valence-electron chi connectivity index (χ4n) is 5.40. The molecule has 4 aromatic rings. The van der Waals surface area contributed by atoms with E-state index in [0.717, 1.165) is 9.87 Å². The third-order valence-corrected chi connectivity index (χ3v) is 10.4. The first-order valence-corrected chi connectivity index (χ1v) is 18.1. The van der Waals surface area contributed by atoms with Crippen molar-refractivity contribution in [2.75, 3.05) is 39.3 Å². The van der Waals surface area contributed by atoms with Gasteiger partial charge in [-0.15, -0.1) is 0 Å². The molecule has 4 aromatic carbocycles. The van der Waals surface area contributed by atoms with Crippen LogP contribution < -0.4 is 28.6 Å². The third kappa shape index (κ3) is 9.37. The lowest BCUT2D eigenvalue weighted by molar-refractivity contribution is -0.140. The van der Waals surface area contributed by atoms with E-state index in [4.69, 9.17) is 42.1 Å². The van der Waals surface area contributed by atoms with Crippen molar-refractivity contribution in [2.45, 2.75) is 43.8 Å². The summed E-state index contributed by atoms with van der Waals surface area (Å²) in [6, 6.07) is 21.4. The summed E-state index contributed by atoms with van der Waals surface area (Å²) < 4.78 is 52.0. The molecule has 11 nitrogen and oxygen atoms in total. The summed E-state index contributed by atoms with van der Waals surface area (Å²) in [5, 5.41) is 3.46. The highest BCUT2D eigenvalue weighted by Crippen LogP contribution is 2.38. The molecule has 0 radical (unpaired) electrons. The first-order chi connectivity index (χ1) is 24.3. The summed E-state index contributed by atoms with van der Waals surface area (Å²) in [5.41, 5.74) is 1.17. The van der Waals surface area contributed by atoms with Gasteiger partial charge in [0.2, 0.25) is 11.8 Å². The Labute approximate surface area is 309 Å². The van der Waals surface area contributed by atoms with E-state index in [1.165, 1.54) is 63.7 Å². The van der Waals surface area contributed by atoms with Crippen molar-refractivity contribution < 1.29 is 37.0 Å². The van der Waals surface area contributed by atoms with Gasteiger partial charge in [0.05, 0.1) is 39.0 Å². The lowest BCUT2D eigenvalue weighted by atomic mass is 10.0. The predicted octanol–water partition coefficient (Wildman–Crippen LogP) is 6.39. The number of ether oxygens (including phenoxy) is 4. The minimum atomic E-state index is -4.55. The topological polar surface area (TPSA) is 124 Å². The molecule has 272 valence electrons. The predicted molar refractivity (Wildman–Crippen MR) is 198 cm³/mol. The molecule has 0 fully saturated rings. The van der Waals surface area contributed by atoms with E-state index in [-0.39, 0.29) is 51.1 Å². The summed E-state index contributed by atoms with van der Waals surface area (Å²) in [6.45, 7) is 2.64. The molecule has 51 heavy (non-hydrogen) atoms. The van der Waals surface area contributed by atoms with Crippen LogP contribution in [0.2, 0.25) is 10.0 Å².